The van der Waals surface area contributed by atoms with Crippen LogP contribution >= 0.6 is 15.9 Å². The van der Waals surface area contributed by atoms with Gasteiger partial charge in [-0.1, -0.05) is 22.9 Å². The highest BCUT2D eigenvalue weighted by Gasteiger charge is 2.25. The summed E-state index contributed by atoms with van der Waals surface area (Å²) in [4.78, 5) is 24.4. The van der Waals surface area contributed by atoms with Gasteiger partial charge in [0.1, 0.15) is 5.60 Å². The lowest BCUT2D eigenvalue weighted by Crippen LogP contribution is -2.25. The van der Waals surface area contributed by atoms with Crippen molar-refractivity contribution in [2.24, 2.45) is 0 Å². The molecule has 116 valence electrons. The molecule has 0 aromatic heterocycles. The molecule has 0 heterocycles. The maximum atomic E-state index is 12.3. The summed E-state index contributed by atoms with van der Waals surface area (Å²) in [7, 11) is 0. The van der Waals surface area contributed by atoms with Crippen LogP contribution in [-0.4, -0.2) is 24.1 Å². The summed E-state index contributed by atoms with van der Waals surface area (Å²) >= 11 is 3.41. The minimum absolute atomic E-state index is 0.218. The smallest absolute Gasteiger partial charge is 0.339 e. The molecule has 1 rings (SSSR count). The molecule has 0 aliphatic carbocycles. The van der Waals surface area contributed by atoms with Crippen LogP contribution < -0.4 is 0 Å². The SMILES string of the molecule is CCOC(=O)c1cc(Br)c(CC)cc1C(=O)OC(C)(C)C. The molecular formula is C16H21BrO4. The van der Waals surface area contributed by atoms with Crippen molar-refractivity contribution >= 4 is 27.9 Å². The number of aryl methyl sites for hydroxylation is 1. The quantitative estimate of drug-likeness (QED) is 0.760. The van der Waals surface area contributed by atoms with Crippen LogP contribution in [0.5, 0.6) is 0 Å². The van der Waals surface area contributed by atoms with Crippen LogP contribution in [-0.2, 0) is 15.9 Å². The fraction of sp³-hybridized carbons (Fsp3) is 0.500. The Morgan fingerprint density at radius 1 is 1.10 bits per heavy atom. The van der Waals surface area contributed by atoms with E-state index < -0.39 is 17.5 Å². The molecule has 0 fully saturated rings. The van der Waals surface area contributed by atoms with Crippen LogP contribution in [0.15, 0.2) is 16.6 Å². The van der Waals surface area contributed by atoms with Crippen LogP contribution in [0.1, 0.15) is 60.9 Å². The number of esters is 2. The summed E-state index contributed by atoms with van der Waals surface area (Å²) in [5, 5.41) is 0. The predicted octanol–water partition coefficient (Wildman–Crippen LogP) is 4.14. The molecule has 5 heteroatoms. The van der Waals surface area contributed by atoms with Crippen LogP contribution in [0.3, 0.4) is 0 Å². The Labute approximate surface area is 133 Å². The van der Waals surface area contributed by atoms with Crippen LogP contribution in [0, 0.1) is 0 Å². The van der Waals surface area contributed by atoms with Gasteiger partial charge in [0.25, 0.3) is 0 Å². The normalized spacial score (nSPS) is 11.1. The molecule has 0 atom stereocenters. The molecule has 0 saturated carbocycles. The van der Waals surface area contributed by atoms with E-state index in [9.17, 15) is 9.59 Å². The van der Waals surface area contributed by atoms with Crippen molar-refractivity contribution in [3.8, 4) is 0 Å². The van der Waals surface area contributed by atoms with Gasteiger partial charge in [-0.3, -0.25) is 0 Å². The Balaban J connectivity index is 3.32. The van der Waals surface area contributed by atoms with Gasteiger partial charge in [-0.05, 0) is 51.8 Å². The number of hydrogen-bond donors (Lipinski definition) is 0. The topological polar surface area (TPSA) is 52.6 Å². The summed E-state index contributed by atoms with van der Waals surface area (Å²) in [5.74, 6) is -1.05. The number of rotatable bonds is 4. The second kappa shape index (κ2) is 7.07. The van der Waals surface area contributed by atoms with E-state index in [1.165, 1.54) is 0 Å². The van der Waals surface area contributed by atoms with E-state index >= 15 is 0 Å². The van der Waals surface area contributed by atoms with Gasteiger partial charge in [0.05, 0.1) is 17.7 Å². The van der Waals surface area contributed by atoms with E-state index in [0.29, 0.717) is 0 Å². The maximum Gasteiger partial charge on any atom is 0.339 e. The average molecular weight is 357 g/mol. The Bertz CT molecular complexity index is 544. The van der Waals surface area contributed by atoms with Gasteiger partial charge in [0.2, 0.25) is 0 Å². The number of halogens is 1. The van der Waals surface area contributed by atoms with Crippen LogP contribution in [0.25, 0.3) is 0 Å². The van der Waals surface area contributed by atoms with Crippen molar-refractivity contribution in [2.45, 2.75) is 46.6 Å². The van der Waals surface area contributed by atoms with Gasteiger partial charge in [-0.2, -0.15) is 0 Å². The third-order valence-corrected chi connectivity index (χ3v) is 3.42. The fourth-order valence-electron chi connectivity index (χ4n) is 1.77. The van der Waals surface area contributed by atoms with Gasteiger partial charge < -0.3 is 9.47 Å². The van der Waals surface area contributed by atoms with E-state index in [1.54, 1.807) is 39.8 Å². The zero-order chi connectivity index (χ0) is 16.2. The maximum absolute atomic E-state index is 12.3. The first-order valence-corrected chi connectivity index (χ1v) is 7.71. The average Bonchev–Trinajstić information content (AvgIpc) is 2.36. The van der Waals surface area contributed by atoms with Crippen molar-refractivity contribution in [3.63, 3.8) is 0 Å². The van der Waals surface area contributed by atoms with E-state index in [4.69, 9.17) is 9.47 Å². The third-order valence-electron chi connectivity index (χ3n) is 2.68. The standard InChI is InChI=1S/C16H21BrO4/c1-6-10-8-11(15(19)21-16(3,4)5)12(9-13(10)17)14(18)20-7-2/h8-9H,6-7H2,1-5H3. The monoisotopic (exact) mass is 356 g/mol. The Kier molecular flexibility index (Phi) is 5.96. The Morgan fingerprint density at radius 3 is 2.14 bits per heavy atom. The lowest BCUT2D eigenvalue weighted by atomic mass is 10.0. The van der Waals surface area contributed by atoms with Gasteiger partial charge >= 0.3 is 11.9 Å². The number of benzene rings is 1. The Hall–Kier alpha value is -1.36. The number of ether oxygens (including phenoxy) is 2. The van der Waals surface area contributed by atoms with Crippen molar-refractivity contribution in [1.29, 1.82) is 0 Å². The second-order valence-electron chi connectivity index (χ2n) is 5.57. The predicted molar refractivity (Wildman–Crippen MR) is 84.6 cm³/mol. The molecule has 1 aromatic carbocycles. The van der Waals surface area contributed by atoms with Gasteiger partial charge in [-0.15, -0.1) is 0 Å². The first kappa shape index (κ1) is 17.7. The molecule has 0 N–H and O–H groups in total. The highest BCUT2D eigenvalue weighted by molar-refractivity contribution is 9.10. The summed E-state index contributed by atoms with van der Waals surface area (Å²) in [6.07, 6.45) is 0.736. The highest BCUT2D eigenvalue weighted by atomic mass is 79.9. The number of hydrogen-bond acceptors (Lipinski definition) is 4. The summed E-state index contributed by atoms with van der Waals surface area (Å²) in [5.41, 5.74) is 0.769. The summed E-state index contributed by atoms with van der Waals surface area (Å²) in [6.45, 7) is 9.31. The lowest BCUT2D eigenvalue weighted by Gasteiger charge is -2.21. The summed E-state index contributed by atoms with van der Waals surface area (Å²) < 4.78 is 11.2. The number of carbonyl (C=O) groups is 2. The largest absolute Gasteiger partial charge is 0.462 e. The third kappa shape index (κ3) is 4.84. The molecule has 0 bridgehead atoms. The molecule has 0 amide bonds. The van der Waals surface area contributed by atoms with Gasteiger partial charge in [0, 0.05) is 4.47 Å². The molecule has 0 saturated heterocycles. The molecule has 0 unspecified atom stereocenters. The summed E-state index contributed by atoms with van der Waals surface area (Å²) in [6, 6.07) is 3.31. The highest BCUT2D eigenvalue weighted by Crippen LogP contribution is 2.25. The minimum atomic E-state index is -0.623. The molecular weight excluding hydrogens is 336 g/mol. The van der Waals surface area contributed by atoms with E-state index in [1.807, 2.05) is 6.92 Å². The second-order valence-corrected chi connectivity index (χ2v) is 6.42. The zero-order valence-corrected chi connectivity index (χ0v) is 14.7. The van der Waals surface area contributed by atoms with E-state index in [2.05, 4.69) is 15.9 Å². The van der Waals surface area contributed by atoms with Crippen molar-refractivity contribution < 1.29 is 19.1 Å². The molecule has 21 heavy (non-hydrogen) atoms. The zero-order valence-electron chi connectivity index (χ0n) is 13.1. The van der Waals surface area contributed by atoms with Gasteiger partial charge in [0.15, 0.2) is 0 Å². The molecule has 1 aromatic rings. The van der Waals surface area contributed by atoms with Crippen LogP contribution in [0.2, 0.25) is 0 Å². The minimum Gasteiger partial charge on any atom is -0.462 e. The van der Waals surface area contributed by atoms with Crippen molar-refractivity contribution in [3.05, 3.63) is 33.3 Å². The van der Waals surface area contributed by atoms with Crippen molar-refractivity contribution in [1.82, 2.24) is 0 Å². The molecule has 0 aliphatic rings. The lowest BCUT2D eigenvalue weighted by molar-refractivity contribution is 0.00642. The van der Waals surface area contributed by atoms with E-state index in [0.717, 1.165) is 16.5 Å². The first-order chi connectivity index (χ1) is 9.69. The first-order valence-electron chi connectivity index (χ1n) is 6.92. The van der Waals surface area contributed by atoms with Gasteiger partial charge in [-0.25, -0.2) is 9.59 Å². The van der Waals surface area contributed by atoms with E-state index in [-0.39, 0.29) is 17.7 Å². The van der Waals surface area contributed by atoms with Crippen LogP contribution in [0.4, 0.5) is 0 Å². The molecule has 0 spiro atoms. The Morgan fingerprint density at radius 2 is 1.67 bits per heavy atom. The molecule has 0 radical (unpaired) electrons. The molecule has 0 aliphatic heterocycles. The number of carbonyl (C=O) groups excluding carboxylic acids is 2. The molecule has 4 nitrogen and oxygen atoms in total. The fourth-order valence-corrected chi connectivity index (χ4v) is 2.39. The van der Waals surface area contributed by atoms with Crippen molar-refractivity contribution in [2.75, 3.05) is 6.61 Å².